The molecule has 3 rings (SSSR count). The van der Waals surface area contributed by atoms with Crippen LogP contribution < -0.4 is 27.2 Å². The summed E-state index contributed by atoms with van der Waals surface area (Å²) in [5.74, 6) is -0.290. The molecule has 8 heteroatoms. The molecule has 28 heavy (non-hydrogen) atoms. The van der Waals surface area contributed by atoms with Crippen LogP contribution in [0.15, 0.2) is 33.9 Å². The Morgan fingerprint density at radius 2 is 1.75 bits per heavy atom. The molecule has 0 atom stereocenters. The molecule has 1 aromatic heterocycles. The van der Waals surface area contributed by atoms with Gasteiger partial charge in [-0.3, -0.25) is 14.2 Å². The molecule has 1 aromatic carbocycles. The fourth-order valence-corrected chi connectivity index (χ4v) is 3.49. The number of nitrogen functional groups attached to an aromatic ring is 1. The Balaban J connectivity index is 1.88. The zero-order chi connectivity index (χ0) is 20.3. The van der Waals surface area contributed by atoms with Crippen molar-refractivity contribution >= 4 is 23.1 Å². The quantitative estimate of drug-likeness (QED) is 0.808. The van der Waals surface area contributed by atoms with Crippen LogP contribution in [0.3, 0.4) is 0 Å². The average molecular weight is 385 g/mol. The van der Waals surface area contributed by atoms with E-state index in [-0.39, 0.29) is 12.4 Å². The minimum atomic E-state index is -0.597. The molecule has 1 saturated heterocycles. The molecule has 1 aliphatic heterocycles. The van der Waals surface area contributed by atoms with Crippen molar-refractivity contribution in [2.45, 2.75) is 39.2 Å². The summed E-state index contributed by atoms with van der Waals surface area (Å²) in [5, 5.41) is 2.74. The lowest BCUT2D eigenvalue weighted by atomic mass is 10.1. The molecule has 0 radical (unpaired) electrons. The first-order valence-electron chi connectivity index (χ1n) is 9.65. The first-order valence-corrected chi connectivity index (χ1v) is 9.65. The van der Waals surface area contributed by atoms with Crippen LogP contribution in [0.2, 0.25) is 0 Å². The van der Waals surface area contributed by atoms with Crippen molar-refractivity contribution in [2.24, 2.45) is 7.05 Å². The molecular formula is C20H27N5O3. The largest absolute Gasteiger partial charge is 0.383 e. The van der Waals surface area contributed by atoms with E-state index in [1.165, 1.54) is 11.6 Å². The number of carbonyl (C=O) groups excluding carboxylic acids is 1. The summed E-state index contributed by atoms with van der Waals surface area (Å²) >= 11 is 0. The summed E-state index contributed by atoms with van der Waals surface area (Å²) in [6.07, 6.45) is 3.95. The third-order valence-electron chi connectivity index (χ3n) is 5.19. The lowest BCUT2D eigenvalue weighted by Gasteiger charge is -2.29. The van der Waals surface area contributed by atoms with Gasteiger partial charge in [-0.05, 0) is 43.4 Å². The summed E-state index contributed by atoms with van der Waals surface area (Å²) in [6, 6.07) is 7.47. The van der Waals surface area contributed by atoms with Crippen LogP contribution in [0.4, 0.5) is 17.2 Å². The molecule has 1 aliphatic rings. The highest BCUT2D eigenvalue weighted by Crippen LogP contribution is 2.20. The van der Waals surface area contributed by atoms with Crippen molar-refractivity contribution in [3.8, 4) is 0 Å². The number of nitrogens with two attached hydrogens (primary N) is 1. The average Bonchev–Trinajstić information content (AvgIpc) is 2.71. The molecule has 8 nitrogen and oxygen atoms in total. The van der Waals surface area contributed by atoms with Crippen LogP contribution in [0.25, 0.3) is 0 Å². The number of nitrogens with one attached hydrogen (secondary N) is 1. The van der Waals surface area contributed by atoms with Gasteiger partial charge in [0.2, 0.25) is 5.91 Å². The predicted molar refractivity (Wildman–Crippen MR) is 111 cm³/mol. The summed E-state index contributed by atoms with van der Waals surface area (Å²) in [5.41, 5.74) is 7.05. The molecule has 1 amide bonds. The molecule has 0 unspecified atom stereocenters. The number of aryl methyl sites for hydroxylation is 1. The number of carbonyl (C=O) groups is 1. The third-order valence-corrected chi connectivity index (χ3v) is 5.19. The standard InChI is InChI=1S/C20H27N5O3/c1-3-14-7-9-15(10-8-14)22-16(26)13-25-19(27)17(18(21)23(2)20(25)28)24-11-5-4-6-12-24/h7-10H,3-6,11-13,21H2,1-2H3,(H,22,26). The molecule has 1 fully saturated rings. The first kappa shape index (κ1) is 19.7. The zero-order valence-corrected chi connectivity index (χ0v) is 16.4. The van der Waals surface area contributed by atoms with Gasteiger partial charge in [-0.1, -0.05) is 19.1 Å². The Morgan fingerprint density at radius 3 is 2.36 bits per heavy atom. The minimum Gasteiger partial charge on any atom is -0.383 e. The number of piperidine rings is 1. The molecule has 0 spiro atoms. The number of anilines is 3. The van der Waals surface area contributed by atoms with Gasteiger partial charge in [0.1, 0.15) is 18.1 Å². The summed E-state index contributed by atoms with van der Waals surface area (Å²) < 4.78 is 2.19. The maximum absolute atomic E-state index is 13.0. The fourth-order valence-electron chi connectivity index (χ4n) is 3.49. The second kappa shape index (κ2) is 8.33. The SMILES string of the molecule is CCc1ccc(NC(=O)Cn2c(=O)c(N3CCCCC3)c(N)n(C)c2=O)cc1. The summed E-state index contributed by atoms with van der Waals surface area (Å²) in [7, 11) is 1.52. The number of hydrogen-bond acceptors (Lipinski definition) is 5. The van der Waals surface area contributed by atoms with Crippen molar-refractivity contribution in [2.75, 3.05) is 29.0 Å². The van der Waals surface area contributed by atoms with Gasteiger partial charge in [-0.2, -0.15) is 0 Å². The van der Waals surface area contributed by atoms with Gasteiger partial charge in [0.15, 0.2) is 0 Å². The van der Waals surface area contributed by atoms with E-state index in [0.29, 0.717) is 24.5 Å². The van der Waals surface area contributed by atoms with Gasteiger partial charge in [0.05, 0.1) is 0 Å². The minimum absolute atomic E-state index is 0.142. The fraction of sp³-hybridized carbons (Fsp3) is 0.450. The maximum atomic E-state index is 13.0. The lowest BCUT2D eigenvalue weighted by Crippen LogP contribution is -2.46. The number of hydrogen-bond donors (Lipinski definition) is 2. The highest BCUT2D eigenvalue weighted by Gasteiger charge is 2.23. The van der Waals surface area contributed by atoms with Crippen LogP contribution in [0.1, 0.15) is 31.7 Å². The van der Waals surface area contributed by atoms with E-state index in [0.717, 1.165) is 35.8 Å². The van der Waals surface area contributed by atoms with Gasteiger partial charge in [0.25, 0.3) is 5.56 Å². The second-order valence-electron chi connectivity index (χ2n) is 7.11. The van der Waals surface area contributed by atoms with E-state index in [1.807, 2.05) is 17.0 Å². The van der Waals surface area contributed by atoms with E-state index < -0.39 is 17.2 Å². The Hall–Kier alpha value is -3.03. The molecular weight excluding hydrogens is 358 g/mol. The van der Waals surface area contributed by atoms with E-state index in [9.17, 15) is 14.4 Å². The van der Waals surface area contributed by atoms with E-state index in [2.05, 4.69) is 12.2 Å². The van der Waals surface area contributed by atoms with Gasteiger partial charge in [-0.15, -0.1) is 0 Å². The summed E-state index contributed by atoms with van der Waals surface area (Å²) in [4.78, 5) is 39.9. The van der Waals surface area contributed by atoms with Crippen LogP contribution >= 0.6 is 0 Å². The molecule has 150 valence electrons. The van der Waals surface area contributed by atoms with Crippen molar-refractivity contribution in [1.82, 2.24) is 9.13 Å². The Kier molecular flexibility index (Phi) is 5.87. The molecule has 3 N–H and O–H groups in total. The number of rotatable bonds is 5. The van der Waals surface area contributed by atoms with Crippen LogP contribution in [-0.2, 0) is 24.8 Å². The van der Waals surface area contributed by atoms with Crippen molar-refractivity contribution in [3.63, 3.8) is 0 Å². The normalized spacial score (nSPS) is 14.1. The molecule has 0 saturated carbocycles. The number of amides is 1. The third kappa shape index (κ3) is 3.95. The van der Waals surface area contributed by atoms with E-state index in [1.54, 1.807) is 12.1 Å². The number of nitrogens with zero attached hydrogens (tertiary/aromatic N) is 3. The smallest absolute Gasteiger partial charge is 0.332 e. The Morgan fingerprint density at radius 1 is 1.11 bits per heavy atom. The number of benzene rings is 1. The predicted octanol–water partition coefficient (Wildman–Crippen LogP) is 1.32. The van der Waals surface area contributed by atoms with Crippen LogP contribution in [0.5, 0.6) is 0 Å². The van der Waals surface area contributed by atoms with Crippen molar-refractivity contribution in [1.29, 1.82) is 0 Å². The Labute approximate surface area is 163 Å². The van der Waals surface area contributed by atoms with Crippen LogP contribution in [-0.4, -0.2) is 28.1 Å². The first-order chi connectivity index (χ1) is 13.4. The molecule has 0 bridgehead atoms. The topological polar surface area (TPSA) is 102 Å². The monoisotopic (exact) mass is 385 g/mol. The maximum Gasteiger partial charge on any atom is 0.332 e. The Bertz CT molecular complexity index is 969. The molecule has 0 aliphatic carbocycles. The van der Waals surface area contributed by atoms with Crippen molar-refractivity contribution in [3.05, 3.63) is 50.7 Å². The van der Waals surface area contributed by atoms with E-state index in [4.69, 9.17) is 5.73 Å². The van der Waals surface area contributed by atoms with Crippen molar-refractivity contribution < 1.29 is 4.79 Å². The van der Waals surface area contributed by atoms with Gasteiger partial charge in [0, 0.05) is 25.8 Å². The number of aromatic nitrogens is 2. The molecule has 2 heterocycles. The van der Waals surface area contributed by atoms with Crippen LogP contribution in [0, 0.1) is 0 Å². The van der Waals surface area contributed by atoms with Gasteiger partial charge >= 0.3 is 5.69 Å². The highest BCUT2D eigenvalue weighted by molar-refractivity contribution is 5.90. The zero-order valence-electron chi connectivity index (χ0n) is 16.4. The molecule has 2 aromatic rings. The van der Waals surface area contributed by atoms with Gasteiger partial charge < -0.3 is 16.0 Å². The van der Waals surface area contributed by atoms with E-state index >= 15 is 0 Å². The van der Waals surface area contributed by atoms with Gasteiger partial charge in [-0.25, -0.2) is 9.36 Å². The highest BCUT2D eigenvalue weighted by atomic mass is 16.2. The second-order valence-corrected chi connectivity index (χ2v) is 7.11. The lowest BCUT2D eigenvalue weighted by molar-refractivity contribution is -0.116. The summed E-state index contributed by atoms with van der Waals surface area (Å²) in [6.45, 7) is 3.13.